The summed E-state index contributed by atoms with van der Waals surface area (Å²) in [6.45, 7) is 2.26. The summed E-state index contributed by atoms with van der Waals surface area (Å²) < 4.78 is 0. The van der Waals surface area contributed by atoms with Gasteiger partial charge in [0.2, 0.25) is 0 Å². The largest absolute Gasteiger partial charge is 0.164 e. The molecule has 0 aromatic heterocycles. The fourth-order valence-electron chi connectivity index (χ4n) is 9.08. The summed E-state index contributed by atoms with van der Waals surface area (Å²) in [5, 5.41) is 2.91. The van der Waals surface area contributed by atoms with Gasteiger partial charge in [-0.25, -0.2) is 0 Å². The minimum Gasteiger partial charge on any atom is -0.164 e. The van der Waals surface area contributed by atoms with Crippen LogP contribution in [0.4, 0.5) is 0 Å². The summed E-state index contributed by atoms with van der Waals surface area (Å²) in [7, 11) is 0. The Balaban J connectivity index is 0.00000217. The predicted molar refractivity (Wildman–Crippen MR) is 140 cm³/mol. The Labute approximate surface area is 225 Å². The summed E-state index contributed by atoms with van der Waals surface area (Å²) in [5.74, 6) is 3.94. The van der Waals surface area contributed by atoms with E-state index in [4.69, 9.17) is 0 Å². The Morgan fingerprint density at radius 2 is 1.47 bits per heavy atom. The zero-order valence-corrected chi connectivity index (χ0v) is 23.4. The maximum atomic E-state index is 2.52. The van der Waals surface area contributed by atoms with Crippen molar-refractivity contribution in [2.75, 3.05) is 0 Å². The molecule has 0 saturated heterocycles. The second kappa shape index (κ2) is 9.10. The predicted octanol–water partition coefficient (Wildman–Crippen LogP) is 9.12. The van der Waals surface area contributed by atoms with Crippen LogP contribution in [0.2, 0.25) is 0 Å². The van der Waals surface area contributed by atoms with Crippen molar-refractivity contribution in [3.8, 4) is 11.1 Å². The van der Waals surface area contributed by atoms with Crippen molar-refractivity contribution in [3.05, 3.63) is 65.2 Å². The van der Waals surface area contributed by atoms with E-state index in [0.717, 1.165) is 23.7 Å². The van der Waals surface area contributed by atoms with Gasteiger partial charge in [0.05, 0.1) is 0 Å². The third-order valence-corrected chi connectivity index (χ3v) is 10.1. The van der Waals surface area contributed by atoms with Crippen LogP contribution < -0.4 is 0 Å². The van der Waals surface area contributed by atoms with Gasteiger partial charge >= 0.3 is 0 Å². The zero-order valence-electron chi connectivity index (χ0n) is 20.9. The van der Waals surface area contributed by atoms with Crippen LogP contribution in [0.15, 0.2) is 48.5 Å². The molecule has 176 valence electrons. The van der Waals surface area contributed by atoms with E-state index in [1.54, 1.807) is 11.1 Å². The van der Waals surface area contributed by atoms with Crippen LogP contribution in [0.3, 0.4) is 0 Å². The van der Waals surface area contributed by atoms with Crippen molar-refractivity contribution >= 4 is 10.8 Å². The molecule has 8 rings (SSSR count). The molecule has 0 aliphatic heterocycles. The van der Waals surface area contributed by atoms with Crippen LogP contribution in [0.1, 0.15) is 87.3 Å². The minimum absolute atomic E-state index is 0. The molecule has 5 aliphatic rings. The van der Waals surface area contributed by atoms with Crippen molar-refractivity contribution < 1.29 is 26.2 Å². The molecule has 0 amide bonds. The summed E-state index contributed by atoms with van der Waals surface area (Å²) in [4.78, 5) is 0. The standard InChI is InChI=1S/C33H39.Zr/c1-22-11-29-17-24(13-23-5-3-2-4-6-23)18-32(29)31(12-22)28-7-9-30(10-8-28)33-19-25-14-26(20-33)16-27(15-25)21-33;/h7-12,17-18,23,25-27H,2-6,13-16,19-21H2,1H3;/q-1;. The number of aryl methyl sites for hydroxylation is 1. The van der Waals surface area contributed by atoms with Gasteiger partial charge in [-0.2, -0.15) is 6.07 Å². The van der Waals surface area contributed by atoms with Crippen LogP contribution >= 0.6 is 0 Å². The first-order valence-electron chi connectivity index (χ1n) is 13.9. The van der Waals surface area contributed by atoms with Gasteiger partial charge in [-0.05, 0) is 92.1 Å². The van der Waals surface area contributed by atoms with Gasteiger partial charge < -0.3 is 0 Å². The molecule has 0 nitrogen and oxygen atoms in total. The molecule has 0 unspecified atom stereocenters. The van der Waals surface area contributed by atoms with E-state index < -0.39 is 0 Å². The summed E-state index contributed by atoms with van der Waals surface area (Å²) >= 11 is 0. The fraction of sp³-hybridized carbons (Fsp3) is 0.545. The van der Waals surface area contributed by atoms with Crippen LogP contribution in [-0.2, 0) is 38.0 Å². The van der Waals surface area contributed by atoms with Gasteiger partial charge in [-0.3, -0.25) is 0 Å². The summed E-state index contributed by atoms with van der Waals surface area (Å²) in [6.07, 6.45) is 17.4. The van der Waals surface area contributed by atoms with E-state index in [1.165, 1.54) is 105 Å². The van der Waals surface area contributed by atoms with Gasteiger partial charge in [0, 0.05) is 26.2 Å². The van der Waals surface area contributed by atoms with Crippen LogP contribution in [0, 0.1) is 30.6 Å². The number of rotatable bonds is 4. The van der Waals surface area contributed by atoms with Crippen molar-refractivity contribution in [1.29, 1.82) is 0 Å². The quantitative estimate of drug-likeness (QED) is 0.297. The number of fused-ring (bicyclic) bond motifs is 1. The monoisotopic (exact) mass is 525 g/mol. The van der Waals surface area contributed by atoms with Crippen molar-refractivity contribution in [2.24, 2.45) is 23.7 Å². The third-order valence-electron chi connectivity index (χ3n) is 10.1. The van der Waals surface area contributed by atoms with Crippen LogP contribution in [0.25, 0.3) is 21.9 Å². The second-order valence-electron chi connectivity index (χ2n) is 12.7. The maximum Gasteiger partial charge on any atom is 0 e. The zero-order chi connectivity index (χ0) is 22.0. The first kappa shape index (κ1) is 23.3. The minimum atomic E-state index is 0. The smallest absolute Gasteiger partial charge is 0 e. The first-order chi connectivity index (χ1) is 16.1. The molecule has 3 aromatic rings. The van der Waals surface area contributed by atoms with Gasteiger partial charge in [-0.15, -0.1) is 28.5 Å². The third kappa shape index (κ3) is 4.13. The molecule has 0 heterocycles. The summed E-state index contributed by atoms with van der Waals surface area (Å²) in [5.41, 5.74) is 7.95. The SMILES string of the molecule is Cc1cc(-c2ccc(C34CC5CC(CC(C5)C3)C4)cc2)c2cc(CC3CCCCC3)[cH-]c2c1.[Zr]. The molecule has 0 N–H and O–H groups in total. The van der Waals surface area contributed by atoms with E-state index >= 15 is 0 Å². The van der Waals surface area contributed by atoms with Crippen molar-refractivity contribution in [2.45, 2.75) is 89.4 Å². The van der Waals surface area contributed by atoms with Gasteiger partial charge in [0.1, 0.15) is 0 Å². The number of hydrogen-bond donors (Lipinski definition) is 0. The van der Waals surface area contributed by atoms with Crippen molar-refractivity contribution in [3.63, 3.8) is 0 Å². The average Bonchev–Trinajstić information content (AvgIpc) is 3.20. The number of benzene rings is 2. The molecule has 5 saturated carbocycles. The Bertz CT molecular complexity index is 1120. The Hall–Kier alpha value is -1.07. The fourth-order valence-corrected chi connectivity index (χ4v) is 9.08. The van der Waals surface area contributed by atoms with Crippen LogP contribution in [0.5, 0.6) is 0 Å². The molecule has 0 radical (unpaired) electrons. The number of hydrogen-bond acceptors (Lipinski definition) is 0. The van der Waals surface area contributed by atoms with Gasteiger partial charge in [0.25, 0.3) is 0 Å². The van der Waals surface area contributed by atoms with E-state index in [-0.39, 0.29) is 26.2 Å². The molecule has 1 heteroatoms. The molecule has 3 aromatic carbocycles. The Kier molecular flexibility index (Phi) is 6.25. The Morgan fingerprint density at radius 1 is 0.824 bits per heavy atom. The molecular formula is C33H39Zr-. The van der Waals surface area contributed by atoms with E-state index in [2.05, 4.69) is 55.5 Å². The van der Waals surface area contributed by atoms with Gasteiger partial charge in [-0.1, -0.05) is 73.6 Å². The average molecular weight is 527 g/mol. The molecule has 4 bridgehead atoms. The first-order valence-corrected chi connectivity index (χ1v) is 13.9. The van der Waals surface area contributed by atoms with Crippen molar-refractivity contribution in [1.82, 2.24) is 0 Å². The second-order valence-corrected chi connectivity index (χ2v) is 12.7. The molecule has 34 heavy (non-hydrogen) atoms. The van der Waals surface area contributed by atoms with E-state index in [9.17, 15) is 0 Å². The van der Waals surface area contributed by atoms with E-state index in [0.29, 0.717) is 5.41 Å². The molecular weight excluding hydrogens is 488 g/mol. The topological polar surface area (TPSA) is 0 Å². The maximum absolute atomic E-state index is 2.52. The molecule has 0 spiro atoms. The summed E-state index contributed by atoms with van der Waals surface area (Å²) in [6, 6.07) is 19.8. The normalized spacial score (nSPS) is 30.6. The van der Waals surface area contributed by atoms with Gasteiger partial charge in [0.15, 0.2) is 0 Å². The Morgan fingerprint density at radius 3 is 2.12 bits per heavy atom. The van der Waals surface area contributed by atoms with E-state index in [1.807, 2.05) is 0 Å². The molecule has 5 aliphatic carbocycles. The molecule has 5 fully saturated rings. The van der Waals surface area contributed by atoms with Crippen LogP contribution in [-0.4, -0.2) is 0 Å². The molecule has 0 atom stereocenters.